The van der Waals surface area contributed by atoms with E-state index >= 15 is 0 Å². The molecule has 0 aliphatic rings. The molecule has 4 heteroatoms. The van der Waals surface area contributed by atoms with Crippen LogP contribution in [0.15, 0.2) is 48.7 Å². The predicted octanol–water partition coefficient (Wildman–Crippen LogP) is 3.95. The summed E-state index contributed by atoms with van der Waals surface area (Å²) in [6.07, 6.45) is 3.49. The topological polar surface area (TPSA) is 56.9 Å². The van der Waals surface area contributed by atoms with Gasteiger partial charge in [-0.05, 0) is 49.6 Å². The number of benzene rings is 2. The van der Waals surface area contributed by atoms with E-state index in [9.17, 15) is 4.79 Å². The molecule has 0 saturated heterocycles. The number of para-hydroxylation sites is 2. The Balaban J connectivity index is 1.42. The minimum atomic E-state index is 0.0528. The van der Waals surface area contributed by atoms with Crippen molar-refractivity contribution in [3.63, 3.8) is 0 Å². The fraction of sp³-hybridized carbons (Fsp3) is 0.286. The molecule has 0 aliphatic carbocycles. The number of amides is 1. The van der Waals surface area contributed by atoms with Crippen LogP contribution in [-0.4, -0.2) is 24.0 Å². The van der Waals surface area contributed by atoms with Crippen molar-refractivity contribution in [3.8, 4) is 0 Å². The Kier molecular flexibility index (Phi) is 5.51. The average Bonchev–Trinajstić information content (AvgIpc) is 3.01. The Morgan fingerprint density at radius 3 is 2.56 bits per heavy atom. The van der Waals surface area contributed by atoms with E-state index in [1.165, 1.54) is 16.5 Å². The molecule has 1 amide bonds. The second-order valence-electron chi connectivity index (χ2n) is 6.42. The molecule has 0 fully saturated rings. The van der Waals surface area contributed by atoms with Crippen molar-refractivity contribution < 1.29 is 4.79 Å². The molecule has 1 aromatic heterocycles. The van der Waals surface area contributed by atoms with Gasteiger partial charge in [0.05, 0.1) is 0 Å². The number of hydrogen-bond acceptors (Lipinski definition) is 2. The van der Waals surface area contributed by atoms with Gasteiger partial charge < -0.3 is 15.6 Å². The first-order valence-corrected chi connectivity index (χ1v) is 8.77. The van der Waals surface area contributed by atoms with E-state index < -0.39 is 0 Å². The van der Waals surface area contributed by atoms with Crippen molar-refractivity contribution in [2.45, 2.75) is 26.7 Å². The highest BCUT2D eigenvalue weighted by Crippen LogP contribution is 2.19. The van der Waals surface area contributed by atoms with E-state index in [-0.39, 0.29) is 5.91 Å². The maximum atomic E-state index is 12.1. The summed E-state index contributed by atoms with van der Waals surface area (Å²) in [4.78, 5) is 15.4. The van der Waals surface area contributed by atoms with E-state index in [2.05, 4.69) is 40.0 Å². The van der Waals surface area contributed by atoms with Crippen LogP contribution >= 0.6 is 0 Å². The Labute approximate surface area is 148 Å². The van der Waals surface area contributed by atoms with Gasteiger partial charge in [-0.15, -0.1) is 0 Å². The molecule has 3 rings (SSSR count). The quantitative estimate of drug-likeness (QED) is 0.573. The zero-order valence-electron chi connectivity index (χ0n) is 14.9. The first-order valence-electron chi connectivity index (χ1n) is 8.77. The van der Waals surface area contributed by atoms with Crippen molar-refractivity contribution in [2.75, 3.05) is 18.4 Å². The lowest BCUT2D eigenvalue weighted by Crippen LogP contribution is -2.24. The molecule has 0 aliphatic heterocycles. The van der Waals surface area contributed by atoms with Gasteiger partial charge in [-0.1, -0.05) is 36.4 Å². The third-order valence-corrected chi connectivity index (χ3v) is 4.52. The number of aromatic amines is 1. The number of fused-ring (bicyclic) bond motifs is 1. The number of hydrogen-bond donors (Lipinski definition) is 3. The summed E-state index contributed by atoms with van der Waals surface area (Å²) in [5, 5.41) is 7.66. The highest BCUT2D eigenvalue weighted by atomic mass is 16.1. The van der Waals surface area contributed by atoms with Crippen molar-refractivity contribution >= 4 is 22.5 Å². The van der Waals surface area contributed by atoms with Crippen LogP contribution in [0, 0.1) is 13.8 Å². The molecule has 2 aromatic carbocycles. The highest BCUT2D eigenvalue weighted by molar-refractivity contribution is 5.92. The maximum absolute atomic E-state index is 12.1. The minimum Gasteiger partial charge on any atom is -0.361 e. The molecular formula is C21H25N3O. The summed E-state index contributed by atoms with van der Waals surface area (Å²) in [6, 6.07) is 14.4. The van der Waals surface area contributed by atoms with E-state index in [0.717, 1.165) is 29.8 Å². The first-order chi connectivity index (χ1) is 12.1. The average molecular weight is 335 g/mol. The summed E-state index contributed by atoms with van der Waals surface area (Å²) < 4.78 is 0. The second-order valence-corrected chi connectivity index (χ2v) is 6.42. The molecule has 0 saturated carbocycles. The number of H-pyrrole nitrogens is 1. The molecule has 3 N–H and O–H groups in total. The summed E-state index contributed by atoms with van der Waals surface area (Å²) in [5.74, 6) is 0.0528. The van der Waals surface area contributed by atoms with Crippen molar-refractivity contribution in [1.29, 1.82) is 0 Å². The minimum absolute atomic E-state index is 0.0528. The van der Waals surface area contributed by atoms with Crippen molar-refractivity contribution in [2.24, 2.45) is 0 Å². The first kappa shape index (κ1) is 17.2. The lowest BCUT2D eigenvalue weighted by Gasteiger charge is -2.11. The molecule has 25 heavy (non-hydrogen) atoms. The molecule has 1 heterocycles. The zero-order chi connectivity index (χ0) is 17.6. The van der Waals surface area contributed by atoms with Gasteiger partial charge in [0.2, 0.25) is 5.91 Å². The molecule has 3 aromatic rings. The fourth-order valence-corrected chi connectivity index (χ4v) is 3.10. The number of carbonyl (C=O) groups is 1. The maximum Gasteiger partial charge on any atom is 0.225 e. The number of carbonyl (C=O) groups excluding carboxylic acids is 1. The molecule has 0 atom stereocenters. The van der Waals surface area contributed by atoms with Crippen LogP contribution in [0.5, 0.6) is 0 Å². The summed E-state index contributed by atoms with van der Waals surface area (Å²) in [5.41, 5.74) is 5.61. The van der Waals surface area contributed by atoms with E-state index in [4.69, 9.17) is 0 Å². The van der Waals surface area contributed by atoms with Gasteiger partial charge in [0.1, 0.15) is 0 Å². The van der Waals surface area contributed by atoms with Crippen molar-refractivity contribution in [1.82, 2.24) is 10.3 Å². The van der Waals surface area contributed by atoms with Gasteiger partial charge in [-0.2, -0.15) is 0 Å². The van der Waals surface area contributed by atoms with Gasteiger partial charge in [-0.3, -0.25) is 4.79 Å². The van der Waals surface area contributed by atoms with E-state index in [0.29, 0.717) is 13.0 Å². The molecule has 0 radical (unpaired) electrons. The second kappa shape index (κ2) is 7.99. The van der Waals surface area contributed by atoms with Gasteiger partial charge in [0.15, 0.2) is 0 Å². The lowest BCUT2D eigenvalue weighted by molar-refractivity contribution is -0.116. The van der Waals surface area contributed by atoms with Crippen molar-refractivity contribution in [3.05, 3.63) is 65.4 Å². The Hall–Kier alpha value is -2.59. The summed E-state index contributed by atoms with van der Waals surface area (Å²) in [6.45, 7) is 5.57. The van der Waals surface area contributed by atoms with Gasteiger partial charge >= 0.3 is 0 Å². The van der Waals surface area contributed by atoms with E-state index in [1.54, 1.807) is 0 Å². The van der Waals surface area contributed by atoms with Gasteiger partial charge in [0.25, 0.3) is 0 Å². The van der Waals surface area contributed by atoms with E-state index in [1.807, 2.05) is 38.1 Å². The SMILES string of the molecule is Cc1cccc(C)c1NC(=O)CCNCCc1c[nH]c2ccccc12. The largest absolute Gasteiger partial charge is 0.361 e. The van der Waals surface area contributed by atoms with Crippen LogP contribution in [0.2, 0.25) is 0 Å². The van der Waals surface area contributed by atoms with Crippen LogP contribution in [-0.2, 0) is 11.2 Å². The molecule has 4 nitrogen and oxygen atoms in total. The predicted molar refractivity (Wildman–Crippen MR) is 104 cm³/mol. The number of anilines is 1. The molecule has 0 unspecified atom stereocenters. The highest BCUT2D eigenvalue weighted by Gasteiger charge is 2.07. The summed E-state index contributed by atoms with van der Waals surface area (Å²) >= 11 is 0. The lowest BCUT2D eigenvalue weighted by atomic mass is 10.1. The van der Waals surface area contributed by atoms with Crippen LogP contribution < -0.4 is 10.6 Å². The summed E-state index contributed by atoms with van der Waals surface area (Å²) in [7, 11) is 0. The fourth-order valence-electron chi connectivity index (χ4n) is 3.10. The standard InChI is InChI=1S/C21H25N3O/c1-15-6-5-7-16(2)21(15)24-20(25)11-13-22-12-10-17-14-23-19-9-4-3-8-18(17)19/h3-9,14,22-23H,10-13H2,1-2H3,(H,24,25). The number of rotatable bonds is 7. The number of aryl methyl sites for hydroxylation is 2. The molecule has 0 bridgehead atoms. The van der Waals surface area contributed by atoms with Crippen LogP contribution in [0.25, 0.3) is 10.9 Å². The third kappa shape index (κ3) is 4.28. The Morgan fingerprint density at radius 1 is 1.00 bits per heavy atom. The van der Waals surface area contributed by atoms with Gasteiger partial charge in [0, 0.05) is 35.8 Å². The normalized spacial score (nSPS) is 11.0. The number of nitrogens with one attached hydrogen (secondary N) is 3. The zero-order valence-corrected chi connectivity index (χ0v) is 14.9. The Morgan fingerprint density at radius 2 is 1.76 bits per heavy atom. The van der Waals surface area contributed by atoms with Gasteiger partial charge in [-0.25, -0.2) is 0 Å². The van der Waals surface area contributed by atoms with Crippen LogP contribution in [0.1, 0.15) is 23.1 Å². The molecular weight excluding hydrogens is 310 g/mol. The van der Waals surface area contributed by atoms with Crippen LogP contribution in [0.4, 0.5) is 5.69 Å². The monoisotopic (exact) mass is 335 g/mol. The smallest absolute Gasteiger partial charge is 0.225 e. The molecule has 130 valence electrons. The molecule has 0 spiro atoms. The Bertz CT molecular complexity index is 846. The third-order valence-electron chi connectivity index (χ3n) is 4.52. The number of aromatic nitrogens is 1. The van der Waals surface area contributed by atoms with Crippen LogP contribution in [0.3, 0.4) is 0 Å².